The fourth-order valence-corrected chi connectivity index (χ4v) is 2.90. The van der Waals surface area contributed by atoms with Crippen molar-refractivity contribution in [1.82, 2.24) is 0 Å². The van der Waals surface area contributed by atoms with Crippen molar-refractivity contribution < 1.29 is 23.8 Å². The highest BCUT2D eigenvalue weighted by Crippen LogP contribution is 2.30. The van der Waals surface area contributed by atoms with E-state index < -0.39 is 11.9 Å². The summed E-state index contributed by atoms with van der Waals surface area (Å²) in [5.41, 5.74) is 2.35. The maximum atomic E-state index is 12.6. The Morgan fingerprint density at radius 1 is 0.909 bits per heavy atom. The molecule has 0 fully saturated rings. The minimum Gasteiger partial charge on any atom is -0.497 e. The van der Waals surface area contributed by atoms with Gasteiger partial charge in [0, 0.05) is 5.69 Å². The zero-order valence-electron chi connectivity index (χ0n) is 18.4. The lowest BCUT2D eigenvalue weighted by Crippen LogP contribution is -2.13. The first kappa shape index (κ1) is 23.1. The largest absolute Gasteiger partial charge is 0.497 e. The number of nitriles is 1. The highest BCUT2D eigenvalue weighted by atomic mass is 16.6. The predicted octanol–water partition coefficient (Wildman–Crippen LogP) is 4.78. The van der Waals surface area contributed by atoms with Gasteiger partial charge in [0.15, 0.2) is 11.5 Å². The van der Waals surface area contributed by atoms with E-state index in [1.807, 2.05) is 25.1 Å². The van der Waals surface area contributed by atoms with Crippen LogP contribution in [0, 0.1) is 18.3 Å². The van der Waals surface area contributed by atoms with E-state index in [4.69, 9.17) is 14.2 Å². The van der Waals surface area contributed by atoms with Gasteiger partial charge in [0.2, 0.25) is 0 Å². The Labute approximate surface area is 191 Å². The van der Waals surface area contributed by atoms with Gasteiger partial charge in [-0.15, -0.1) is 0 Å². The third-order valence-corrected chi connectivity index (χ3v) is 4.70. The maximum Gasteiger partial charge on any atom is 0.343 e. The molecular formula is C26H22N2O5. The summed E-state index contributed by atoms with van der Waals surface area (Å²) in [6, 6.07) is 20.4. The highest BCUT2D eigenvalue weighted by Gasteiger charge is 2.15. The Kier molecular flexibility index (Phi) is 7.45. The summed E-state index contributed by atoms with van der Waals surface area (Å²) < 4.78 is 15.9. The van der Waals surface area contributed by atoms with Crippen molar-refractivity contribution >= 4 is 23.6 Å². The first-order chi connectivity index (χ1) is 15.9. The number of hydrogen-bond acceptors (Lipinski definition) is 6. The standard InChI is InChI=1S/C26H22N2O5/c1-17-4-9-21(10-5-17)28-25(29)20(16-27)14-18-6-13-23(32-3)24(15-18)33-26(30)19-7-11-22(31-2)12-8-19/h4-15H,1-3H3,(H,28,29)/b20-14+. The summed E-state index contributed by atoms with van der Waals surface area (Å²) in [7, 11) is 2.99. The van der Waals surface area contributed by atoms with Crippen LogP contribution in [0.5, 0.6) is 17.2 Å². The van der Waals surface area contributed by atoms with Crippen molar-refractivity contribution in [2.45, 2.75) is 6.92 Å². The third kappa shape index (κ3) is 5.99. The van der Waals surface area contributed by atoms with Crippen molar-refractivity contribution in [3.05, 3.63) is 89.0 Å². The van der Waals surface area contributed by atoms with Gasteiger partial charge in [0.05, 0.1) is 19.8 Å². The normalized spacial score (nSPS) is 10.7. The van der Waals surface area contributed by atoms with Gasteiger partial charge in [-0.05, 0) is 67.1 Å². The smallest absolute Gasteiger partial charge is 0.343 e. The summed E-state index contributed by atoms with van der Waals surface area (Å²) in [4.78, 5) is 25.1. The molecule has 0 unspecified atom stereocenters. The molecule has 0 spiro atoms. The lowest BCUT2D eigenvalue weighted by Gasteiger charge is -2.11. The molecule has 0 saturated carbocycles. The van der Waals surface area contributed by atoms with Gasteiger partial charge in [0.1, 0.15) is 17.4 Å². The van der Waals surface area contributed by atoms with E-state index in [9.17, 15) is 14.9 Å². The predicted molar refractivity (Wildman–Crippen MR) is 124 cm³/mol. The van der Waals surface area contributed by atoms with Crippen LogP contribution in [0.1, 0.15) is 21.5 Å². The molecule has 7 heteroatoms. The molecule has 166 valence electrons. The Morgan fingerprint density at radius 3 is 2.21 bits per heavy atom. The van der Waals surface area contributed by atoms with Crippen LogP contribution in [-0.2, 0) is 4.79 Å². The fourth-order valence-electron chi connectivity index (χ4n) is 2.90. The second-order valence-electron chi connectivity index (χ2n) is 7.02. The Bertz CT molecular complexity index is 1220. The van der Waals surface area contributed by atoms with Crippen molar-refractivity contribution in [3.63, 3.8) is 0 Å². The van der Waals surface area contributed by atoms with E-state index in [1.165, 1.54) is 26.4 Å². The summed E-state index contributed by atoms with van der Waals surface area (Å²) in [5, 5.41) is 12.2. The Balaban J connectivity index is 1.82. The molecule has 1 N–H and O–H groups in total. The van der Waals surface area contributed by atoms with Crippen molar-refractivity contribution in [1.29, 1.82) is 5.26 Å². The van der Waals surface area contributed by atoms with Crippen molar-refractivity contribution in [2.24, 2.45) is 0 Å². The van der Waals surface area contributed by atoms with Gasteiger partial charge >= 0.3 is 5.97 Å². The average Bonchev–Trinajstić information content (AvgIpc) is 2.84. The van der Waals surface area contributed by atoms with E-state index in [-0.39, 0.29) is 11.3 Å². The van der Waals surface area contributed by atoms with Gasteiger partial charge < -0.3 is 19.5 Å². The van der Waals surface area contributed by atoms with Gasteiger partial charge in [-0.25, -0.2) is 4.79 Å². The number of methoxy groups -OCH3 is 2. The number of carbonyl (C=O) groups excluding carboxylic acids is 2. The first-order valence-electron chi connectivity index (χ1n) is 9.97. The van der Waals surface area contributed by atoms with Crippen LogP contribution in [0.3, 0.4) is 0 Å². The van der Waals surface area contributed by atoms with Crippen molar-refractivity contribution in [2.75, 3.05) is 19.5 Å². The number of ether oxygens (including phenoxy) is 3. The molecule has 0 aliphatic rings. The molecule has 0 aliphatic heterocycles. The van der Waals surface area contributed by atoms with Crippen LogP contribution < -0.4 is 19.5 Å². The fraction of sp³-hybridized carbons (Fsp3) is 0.115. The third-order valence-electron chi connectivity index (χ3n) is 4.70. The molecule has 33 heavy (non-hydrogen) atoms. The molecule has 0 aromatic heterocycles. The molecule has 0 aliphatic carbocycles. The summed E-state index contributed by atoms with van der Waals surface area (Å²) in [6.45, 7) is 1.94. The number of amides is 1. The quantitative estimate of drug-likeness (QED) is 0.245. The maximum absolute atomic E-state index is 12.6. The van der Waals surface area contributed by atoms with E-state index in [2.05, 4.69) is 5.32 Å². The van der Waals surface area contributed by atoms with Gasteiger partial charge in [-0.1, -0.05) is 23.8 Å². The molecule has 0 heterocycles. The zero-order chi connectivity index (χ0) is 23.8. The van der Waals surface area contributed by atoms with Crippen LogP contribution in [0.25, 0.3) is 6.08 Å². The monoisotopic (exact) mass is 442 g/mol. The molecule has 0 atom stereocenters. The lowest BCUT2D eigenvalue weighted by atomic mass is 10.1. The van der Waals surface area contributed by atoms with E-state index in [0.717, 1.165) is 5.56 Å². The number of nitrogens with zero attached hydrogens (tertiary/aromatic N) is 1. The number of carbonyl (C=O) groups is 2. The van der Waals surface area contributed by atoms with Crippen LogP contribution in [0.4, 0.5) is 5.69 Å². The van der Waals surface area contributed by atoms with Crippen molar-refractivity contribution in [3.8, 4) is 23.3 Å². The number of nitrogens with one attached hydrogen (secondary N) is 1. The summed E-state index contributed by atoms with van der Waals surface area (Å²) >= 11 is 0. The van der Waals surface area contributed by atoms with E-state index in [0.29, 0.717) is 28.3 Å². The minimum atomic E-state index is -0.588. The molecule has 3 aromatic rings. The molecule has 0 bridgehead atoms. The molecule has 3 aromatic carbocycles. The molecular weight excluding hydrogens is 420 g/mol. The molecule has 0 saturated heterocycles. The Hall–Kier alpha value is -4.57. The van der Waals surface area contributed by atoms with E-state index >= 15 is 0 Å². The molecule has 0 radical (unpaired) electrons. The number of anilines is 1. The SMILES string of the molecule is COc1ccc(C(=O)Oc2cc(/C=C(\C#N)C(=O)Nc3ccc(C)cc3)ccc2OC)cc1. The van der Waals surface area contributed by atoms with Gasteiger partial charge in [0.25, 0.3) is 5.91 Å². The number of hydrogen-bond donors (Lipinski definition) is 1. The topological polar surface area (TPSA) is 97.7 Å². The van der Waals surface area contributed by atoms with Crippen LogP contribution in [0.2, 0.25) is 0 Å². The average molecular weight is 442 g/mol. The highest BCUT2D eigenvalue weighted by molar-refractivity contribution is 6.09. The Morgan fingerprint density at radius 2 is 1.61 bits per heavy atom. The molecule has 3 rings (SSSR count). The number of esters is 1. The number of rotatable bonds is 7. The minimum absolute atomic E-state index is 0.104. The van der Waals surface area contributed by atoms with Crippen LogP contribution in [0.15, 0.2) is 72.3 Å². The summed E-state index contributed by atoms with van der Waals surface area (Å²) in [6.07, 6.45) is 1.41. The summed E-state index contributed by atoms with van der Waals surface area (Å²) in [5.74, 6) is -0.0345. The zero-order valence-corrected chi connectivity index (χ0v) is 18.4. The van der Waals surface area contributed by atoms with Gasteiger partial charge in [-0.3, -0.25) is 4.79 Å². The number of benzene rings is 3. The number of aryl methyl sites for hydroxylation is 1. The first-order valence-corrected chi connectivity index (χ1v) is 9.97. The van der Waals surface area contributed by atoms with Crippen LogP contribution in [-0.4, -0.2) is 26.1 Å². The van der Waals surface area contributed by atoms with Gasteiger partial charge in [-0.2, -0.15) is 5.26 Å². The second kappa shape index (κ2) is 10.6. The molecule has 1 amide bonds. The van der Waals surface area contributed by atoms with Crippen LogP contribution >= 0.6 is 0 Å². The molecule has 7 nitrogen and oxygen atoms in total. The lowest BCUT2D eigenvalue weighted by molar-refractivity contribution is -0.112. The van der Waals surface area contributed by atoms with E-state index in [1.54, 1.807) is 48.5 Å². The second-order valence-corrected chi connectivity index (χ2v) is 7.02.